The Morgan fingerprint density at radius 3 is 2.35 bits per heavy atom. The minimum absolute atomic E-state index is 0.137. The molecule has 2 aromatic carbocycles. The van der Waals surface area contributed by atoms with Gasteiger partial charge >= 0.3 is 0 Å². The third-order valence-electron chi connectivity index (χ3n) is 3.28. The number of carbonyl (C=O) groups is 2. The fourth-order valence-corrected chi connectivity index (χ4v) is 2.37. The monoisotopic (exact) mass is 387 g/mol. The summed E-state index contributed by atoms with van der Waals surface area (Å²) in [7, 11) is 0. The first-order valence-electron chi connectivity index (χ1n) is 7.92. The molecule has 0 fully saturated rings. The molecule has 0 saturated carbocycles. The lowest BCUT2D eigenvalue weighted by atomic mass is 10.2. The lowest BCUT2D eigenvalue weighted by Crippen LogP contribution is -2.32. The second kappa shape index (κ2) is 9.70. The second-order valence-electron chi connectivity index (χ2n) is 5.27. The fourth-order valence-electron chi connectivity index (χ4n) is 2.03. The van der Waals surface area contributed by atoms with Gasteiger partial charge in [0, 0.05) is 28.9 Å². The summed E-state index contributed by atoms with van der Waals surface area (Å²) >= 11 is 10.9. The SMILES string of the molecule is CCNC(=O)c1ccc(NC(=S)NC(=O)/C=C/c2ccc(Cl)cc2)cc1. The molecule has 0 radical (unpaired) electrons. The molecule has 0 aliphatic carbocycles. The first-order chi connectivity index (χ1) is 12.5. The van der Waals surface area contributed by atoms with Crippen molar-refractivity contribution in [2.75, 3.05) is 11.9 Å². The van der Waals surface area contributed by atoms with E-state index in [1.165, 1.54) is 6.08 Å². The van der Waals surface area contributed by atoms with E-state index in [9.17, 15) is 9.59 Å². The summed E-state index contributed by atoms with van der Waals surface area (Å²) in [6.07, 6.45) is 3.05. The highest BCUT2D eigenvalue weighted by Gasteiger charge is 2.05. The Morgan fingerprint density at radius 1 is 1.08 bits per heavy atom. The Kier molecular flexibility index (Phi) is 7.32. The van der Waals surface area contributed by atoms with E-state index in [2.05, 4.69) is 16.0 Å². The van der Waals surface area contributed by atoms with Gasteiger partial charge < -0.3 is 10.6 Å². The highest BCUT2D eigenvalue weighted by Crippen LogP contribution is 2.11. The van der Waals surface area contributed by atoms with E-state index in [0.29, 0.717) is 22.8 Å². The Bertz CT molecular complexity index is 818. The van der Waals surface area contributed by atoms with E-state index in [1.54, 1.807) is 54.6 Å². The van der Waals surface area contributed by atoms with E-state index >= 15 is 0 Å². The quantitative estimate of drug-likeness (QED) is 0.541. The highest BCUT2D eigenvalue weighted by atomic mass is 35.5. The van der Waals surface area contributed by atoms with Crippen molar-refractivity contribution in [2.45, 2.75) is 6.92 Å². The molecule has 2 amide bonds. The van der Waals surface area contributed by atoms with Gasteiger partial charge in [-0.1, -0.05) is 23.7 Å². The number of benzene rings is 2. The third kappa shape index (κ3) is 6.31. The maximum atomic E-state index is 11.9. The van der Waals surface area contributed by atoms with E-state index in [4.69, 9.17) is 23.8 Å². The molecule has 26 heavy (non-hydrogen) atoms. The van der Waals surface area contributed by atoms with Gasteiger partial charge in [0.05, 0.1) is 0 Å². The Labute approximate surface area is 162 Å². The van der Waals surface area contributed by atoms with Crippen LogP contribution in [0.2, 0.25) is 5.02 Å². The zero-order valence-corrected chi connectivity index (χ0v) is 15.7. The first kappa shape index (κ1) is 19.6. The van der Waals surface area contributed by atoms with Gasteiger partial charge in [0.2, 0.25) is 5.91 Å². The summed E-state index contributed by atoms with van der Waals surface area (Å²) in [5, 5.41) is 8.97. The zero-order valence-electron chi connectivity index (χ0n) is 14.1. The Balaban J connectivity index is 1.86. The van der Waals surface area contributed by atoms with Crippen LogP contribution in [-0.2, 0) is 4.79 Å². The van der Waals surface area contributed by atoms with Crippen molar-refractivity contribution >= 4 is 52.5 Å². The van der Waals surface area contributed by atoms with Gasteiger partial charge in [0.1, 0.15) is 0 Å². The van der Waals surface area contributed by atoms with Crippen molar-refractivity contribution in [1.82, 2.24) is 10.6 Å². The average Bonchev–Trinajstić information content (AvgIpc) is 2.62. The number of thiocarbonyl (C=S) groups is 1. The molecule has 7 heteroatoms. The van der Waals surface area contributed by atoms with Crippen LogP contribution in [-0.4, -0.2) is 23.5 Å². The lowest BCUT2D eigenvalue weighted by Gasteiger charge is -2.09. The zero-order chi connectivity index (χ0) is 18.9. The van der Waals surface area contributed by atoms with Crippen molar-refractivity contribution in [3.8, 4) is 0 Å². The molecule has 0 aromatic heterocycles. The van der Waals surface area contributed by atoms with Crippen LogP contribution in [0, 0.1) is 0 Å². The maximum absolute atomic E-state index is 11.9. The molecular weight excluding hydrogens is 370 g/mol. The molecule has 0 bridgehead atoms. The number of hydrogen-bond donors (Lipinski definition) is 3. The molecule has 0 spiro atoms. The number of rotatable bonds is 5. The molecule has 3 N–H and O–H groups in total. The topological polar surface area (TPSA) is 70.2 Å². The number of anilines is 1. The molecule has 5 nitrogen and oxygen atoms in total. The summed E-state index contributed by atoms with van der Waals surface area (Å²) in [5.74, 6) is -0.487. The predicted octanol–water partition coefficient (Wildman–Crippen LogP) is 3.62. The fraction of sp³-hybridized carbons (Fsp3) is 0.105. The Morgan fingerprint density at radius 2 is 1.73 bits per heavy atom. The van der Waals surface area contributed by atoms with Crippen molar-refractivity contribution in [1.29, 1.82) is 0 Å². The molecule has 134 valence electrons. The van der Waals surface area contributed by atoms with Gasteiger partial charge in [-0.25, -0.2) is 0 Å². The van der Waals surface area contributed by atoms with E-state index in [-0.39, 0.29) is 16.9 Å². The maximum Gasteiger partial charge on any atom is 0.251 e. The standard InChI is InChI=1S/C19H18ClN3O2S/c1-2-21-18(25)14-6-10-16(11-7-14)22-19(26)23-17(24)12-5-13-3-8-15(20)9-4-13/h3-12H,2H2,1H3,(H,21,25)(H2,22,23,24,26)/b12-5+. The van der Waals surface area contributed by atoms with Crippen LogP contribution >= 0.6 is 23.8 Å². The molecule has 0 heterocycles. The molecule has 0 aliphatic heterocycles. The van der Waals surface area contributed by atoms with Gasteiger partial charge in [0.15, 0.2) is 5.11 Å². The molecule has 0 unspecified atom stereocenters. The van der Waals surface area contributed by atoms with Crippen LogP contribution in [0.5, 0.6) is 0 Å². The van der Waals surface area contributed by atoms with Crippen molar-refractivity contribution < 1.29 is 9.59 Å². The molecule has 2 aromatic rings. The highest BCUT2D eigenvalue weighted by molar-refractivity contribution is 7.80. The smallest absolute Gasteiger partial charge is 0.251 e. The number of halogens is 1. The van der Waals surface area contributed by atoms with Crippen LogP contribution < -0.4 is 16.0 Å². The Hall–Kier alpha value is -2.70. The molecule has 0 aliphatic rings. The average molecular weight is 388 g/mol. The lowest BCUT2D eigenvalue weighted by molar-refractivity contribution is -0.115. The third-order valence-corrected chi connectivity index (χ3v) is 3.73. The predicted molar refractivity (Wildman–Crippen MR) is 109 cm³/mol. The number of carbonyl (C=O) groups excluding carboxylic acids is 2. The minimum atomic E-state index is -0.351. The minimum Gasteiger partial charge on any atom is -0.352 e. The van der Waals surface area contributed by atoms with Gasteiger partial charge in [-0.05, 0) is 67.2 Å². The van der Waals surface area contributed by atoms with E-state index < -0.39 is 0 Å². The second-order valence-corrected chi connectivity index (χ2v) is 6.11. The summed E-state index contributed by atoms with van der Waals surface area (Å²) < 4.78 is 0. The van der Waals surface area contributed by atoms with Crippen LogP contribution in [0.4, 0.5) is 5.69 Å². The van der Waals surface area contributed by atoms with Crippen molar-refractivity contribution in [3.63, 3.8) is 0 Å². The van der Waals surface area contributed by atoms with Gasteiger partial charge in [-0.15, -0.1) is 0 Å². The van der Waals surface area contributed by atoms with E-state index in [0.717, 1.165) is 5.56 Å². The number of nitrogens with one attached hydrogen (secondary N) is 3. The molecule has 0 atom stereocenters. The summed E-state index contributed by atoms with van der Waals surface area (Å²) in [6.45, 7) is 2.43. The molecule has 2 rings (SSSR count). The van der Waals surface area contributed by atoms with Gasteiger partial charge in [-0.3, -0.25) is 14.9 Å². The first-order valence-corrected chi connectivity index (χ1v) is 8.70. The van der Waals surface area contributed by atoms with Gasteiger partial charge in [0.25, 0.3) is 5.91 Å². The summed E-state index contributed by atoms with van der Waals surface area (Å²) in [4.78, 5) is 23.6. The van der Waals surface area contributed by atoms with E-state index in [1.807, 2.05) is 6.92 Å². The van der Waals surface area contributed by atoms with Gasteiger partial charge in [-0.2, -0.15) is 0 Å². The normalized spacial score (nSPS) is 10.4. The van der Waals surface area contributed by atoms with Crippen molar-refractivity contribution in [2.24, 2.45) is 0 Å². The van der Waals surface area contributed by atoms with Crippen LogP contribution in [0.15, 0.2) is 54.6 Å². The number of amides is 2. The van der Waals surface area contributed by atoms with Crippen LogP contribution in [0.25, 0.3) is 6.08 Å². The van der Waals surface area contributed by atoms with Crippen LogP contribution in [0.1, 0.15) is 22.8 Å². The number of hydrogen-bond acceptors (Lipinski definition) is 3. The van der Waals surface area contributed by atoms with Crippen molar-refractivity contribution in [3.05, 3.63) is 70.8 Å². The molecular formula is C19H18ClN3O2S. The van der Waals surface area contributed by atoms with Crippen LogP contribution in [0.3, 0.4) is 0 Å². The molecule has 0 saturated heterocycles. The summed E-state index contributed by atoms with van der Waals surface area (Å²) in [5.41, 5.74) is 2.08. The summed E-state index contributed by atoms with van der Waals surface area (Å²) in [6, 6.07) is 13.9. The largest absolute Gasteiger partial charge is 0.352 e.